The lowest BCUT2D eigenvalue weighted by molar-refractivity contribution is -0.377. The average molecular weight is 630 g/mol. The summed E-state index contributed by atoms with van der Waals surface area (Å²) < 4.78 is 199. The Labute approximate surface area is 218 Å². The van der Waals surface area contributed by atoms with Crippen LogP contribution in [0.1, 0.15) is 32.1 Å². The SMILES string of the molecule is C=CC(=O)OC12CC3CC(C1)C(OC(=O)C(F)(F)C(F)(F)C(F)(F)F)(OC(=O)C(F)(F)C(F)(F)C(F)(F)F)C(C3)C2. The van der Waals surface area contributed by atoms with Crippen molar-refractivity contribution in [2.45, 2.75) is 79.5 Å². The molecule has 6 nitrogen and oxygen atoms in total. The molecular formula is C21H16F14O6. The Morgan fingerprint density at radius 1 is 0.634 bits per heavy atom. The zero-order valence-corrected chi connectivity index (χ0v) is 19.8. The maximum Gasteiger partial charge on any atom is 0.460 e. The smallest absolute Gasteiger partial charge is 0.456 e. The fourth-order valence-electron chi connectivity index (χ4n) is 5.62. The van der Waals surface area contributed by atoms with Crippen molar-refractivity contribution >= 4 is 17.9 Å². The van der Waals surface area contributed by atoms with E-state index in [1.165, 1.54) is 0 Å². The first kappa shape index (κ1) is 32.7. The second-order valence-corrected chi connectivity index (χ2v) is 9.95. The highest BCUT2D eigenvalue weighted by Gasteiger charge is 2.81. The predicted molar refractivity (Wildman–Crippen MR) is 99.4 cm³/mol. The van der Waals surface area contributed by atoms with E-state index in [0.717, 1.165) is 0 Å². The van der Waals surface area contributed by atoms with Gasteiger partial charge in [-0.1, -0.05) is 6.58 Å². The van der Waals surface area contributed by atoms with E-state index in [9.17, 15) is 75.8 Å². The first-order chi connectivity index (χ1) is 18.2. The van der Waals surface area contributed by atoms with Crippen LogP contribution < -0.4 is 0 Å². The second kappa shape index (κ2) is 9.34. The van der Waals surface area contributed by atoms with Gasteiger partial charge >= 0.3 is 54.0 Å². The first-order valence-corrected chi connectivity index (χ1v) is 11.2. The quantitative estimate of drug-likeness (QED) is 0.147. The van der Waals surface area contributed by atoms with Gasteiger partial charge in [0.2, 0.25) is 0 Å². The summed E-state index contributed by atoms with van der Waals surface area (Å²) in [7, 11) is 0. The minimum Gasteiger partial charge on any atom is -0.456 e. The fourth-order valence-corrected chi connectivity index (χ4v) is 5.62. The summed E-state index contributed by atoms with van der Waals surface area (Å²) in [6.07, 6.45) is -16.4. The van der Waals surface area contributed by atoms with Gasteiger partial charge in [-0.15, -0.1) is 0 Å². The van der Waals surface area contributed by atoms with Gasteiger partial charge in [0, 0.05) is 17.9 Å². The average Bonchev–Trinajstić information content (AvgIpc) is 2.79. The third kappa shape index (κ3) is 4.87. The van der Waals surface area contributed by atoms with Crippen molar-refractivity contribution in [2.24, 2.45) is 17.8 Å². The number of alkyl halides is 14. The third-order valence-corrected chi connectivity index (χ3v) is 7.27. The Bertz CT molecular complexity index is 1040. The van der Waals surface area contributed by atoms with Crippen molar-refractivity contribution in [3.63, 3.8) is 0 Å². The maximum atomic E-state index is 14.1. The summed E-state index contributed by atoms with van der Waals surface area (Å²) in [6, 6.07) is 0. The summed E-state index contributed by atoms with van der Waals surface area (Å²) in [5.74, 6) is -45.3. The molecule has 0 saturated heterocycles. The standard InChI is InChI=1S/C21H16F14O6/c1-2-11(36)39-14-5-8-3-9(6-14)15(10(4-8)7-14,40-12(37)16(22,23)18(26,27)20(30,31)32)41-13(38)17(24,25)19(28,29)21(33,34)35/h2,8-10H,1,3-7H2. The van der Waals surface area contributed by atoms with Gasteiger partial charge in [0.25, 0.3) is 5.79 Å². The maximum absolute atomic E-state index is 14.1. The molecule has 0 amide bonds. The van der Waals surface area contributed by atoms with Crippen molar-refractivity contribution in [1.29, 1.82) is 0 Å². The monoisotopic (exact) mass is 630 g/mol. The fraction of sp³-hybridized carbons (Fsp3) is 0.762. The Morgan fingerprint density at radius 3 is 1.32 bits per heavy atom. The van der Waals surface area contributed by atoms with E-state index in [0.29, 0.717) is 6.08 Å². The molecule has 2 atom stereocenters. The lowest BCUT2D eigenvalue weighted by Crippen LogP contribution is -2.70. The van der Waals surface area contributed by atoms with Gasteiger partial charge in [0.1, 0.15) is 5.60 Å². The van der Waals surface area contributed by atoms with Crippen LogP contribution in [0.2, 0.25) is 0 Å². The molecule has 20 heteroatoms. The number of esters is 3. The van der Waals surface area contributed by atoms with Crippen LogP contribution >= 0.6 is 0 Å². The van der Waals surface area contributed by atoms with E-state index in [1.807, 2.05) is 0 Å². The summed E-state index contributed by atoms with van der Waals surface area (Å²) >= 11 is 0. The van der Waals surface area contributed by atoms with Gasteiger partial charge in [0.15, 0.2) is 0 Å². The number of ether oxygens (including phenoxy) is 3. The molecule has 0 spiro atoms. The second-order valence-electron chi connectivity index (χ2n) is 9.95. The molecular weight excluding hydrogens is 614 g/mol. The Morgan fingerprint density at radius 2 is 1.00 bits per heavy atom. The van der Waals surface area contributed by atoms with Gasteiger partial charge in [0.05, 0.1) is 0 Å². The summed E-state index contributed by atoms with van der Waals surface area (Å²) in [5, 5.41) is 0. The van der Waals surface area contributed by atoms with E-state index >= 15 is 0 Å². The summed E-state index contributed by atoms with van der Waals surface area (Å²) in [5.41, 5.74) is -1.68. The minimum atomic E-state index is -7.18. The van der Waals surface area contributed by atoms with Crippen LogP contribution in [0.5, 0.6) is 0 Å². The molecule has 0 aromatic heterocycles. The molecule has 4 aliphatic rings. The number of carbonyl (C=O) groups excluding carboxylic acids is 3. The molecule has 0 N–H and O–H groups in total. The van der Waals surface area contributed by atoms with Crippen molar-refractivity contribution in [2.75, 3.05) is 0 Å². The highest BCUT2D eigenvalue weighted by Crippen LogP contribution is 2.64. The number of halogens is 14. The molecule has 234 valence electrons. The number of hydrogen-bond acceptors (Lipinski definition) is 6. The van der Waals surface area contributed by atoms with Gasteiger partial charge < -0.3 is 14.2 Å². The minimum absolute atomic E-state index is 0.0534. The van der Waals surface area contributed by atoms with Crippen LogP contribution in [-0.2, 0) is 28.6 Å². The van der Waals surface area contributed by atoms with Crippen molar-refractivity contribution in [1.82, 2.24) is 0 Å². The molecule has 0 aromatic carbocycles. The summed E-state index contributed by atoms with van der Waals surface area (Å²) in [4.78, 5) is 36.0. The van der Waals surface area contributed by atoms with Gasteiger partial charge in [-0.3, -0.25) is 0 Å². The molecule has 0 aromatic rings. The van der Waals surface area contributed by atoms with Crippen LogP contribution in [0.3, 0.4) is 0 Å². The molecule has 4 saturated carbocycles. The molecule has 0 heterocycles. The van der Waals surface area contributed by atoms with Gasteiger partial charge in [-0.25, -0.2) is 14.4 Å². The Kier molecular flexibility index (Phi) is 7.44. The van der Waals surface area contributed by atoms with Crippen molar-refractivity contribution in [3.8, 4) is 0 Å². The zero-order chi connectivity index (χ0) is 31.8. The van der Waals surface area contributed by atoms with E-state index in [-0.39, 0.29) is 6.42 Å². The van der Waals surface area contributed by atoms with Gasteiger partial charge in [-0.2, -0.15) is 61.5 Å². The number of rotatable bonds is 8. The van der Waals surface area contributed by atoms with Crippen LogP contribution in [-0.4, -0.2) is 65.3 Å². The molecule has 2 unspecified atom stereocenters. The van der Waals surface area contributed by atoms with Crippen LogP contribution in [0.4, 0.5) is 61.5 Å². The first-order valence-electron chi connectivity index (χ1n) is 11.2. The lowest BCUT2D eigenvalue weighted by Gasteiger charge is -2.62. The molecule has 0 aliphatic heterocycles. The Hall–Kier alpha value is -2.83. The van der Waals surface area contributed by atoms with Crippen LogP contribution in [0, 0.1) is 17.8 Å². The number of carbonyl (C=O) groups is 3. The number of hydrogen-bond donors (Lipinski definition) is 0. The summed E-state index contributed by atoms with van der Waals surface area (Å²) in [6.45, 7) is 3.10. The van der Waals surface area contributed by atoms with E-state index in [2.05, 4.69) is 16.1 Å². The predicted octanol–water partition coefficient (Wildman–Crippen LogP) is 5.74. The van der Waals surface area contributed by atoms with E-state index < -0.39 is 109 Å². The highest BCUT2D eigenvalue weighted by molar-refractivity contribution is 5.82. The normalized spacial score (nSPS) is 28.2. The van der Waals surface area contributed by atoms with E-state index in [4.69, 9.17) is 4.74 Å². The van der Waals surface area contributed by atoms with Crippen molar-refractivity contribution in [3.05, 3.63) is 12.7 Å². The molecule has 0 radical (unpaired) electrons. The molecule has 4 rings (SSSR count). The lowest BCUT2D eigenvalue weighted by atomic mass is 9.51. The molecule has 41 heavy (non-hydrogen) atoms. The van der Waals surface area contributed by atoms with E-state index in [1.54, 1.807) is 0 Å². The Balaban J connectivity index is 2.10. The molecule has 4 fully saturated rings. The zero-order valence-electron chi connectivity index (χ0n) is 19.8. The third-order valence-electron chi connectivity index (χ3n) is 7.27. The largest absolute Gasteiger partial charge is 0.460 e. The van der Waals surface area contributed by atoms with Crippen LogP contribution in [0.25, 0.3) is 0 Å². The van der Waals surface area contributed by atoms with Crippen molar-refractivity contribution < 1.29 is 90.1 Å². The molecule has 4 aliphatic carbocycles. The van der Waals surface area contributed by atoms with Crippen LogP contribution in [0.15, 0.2) is 12.7 Å². The highest BCUT2D eigenvalue weighted by atomic mass is 19.4. The molecule has 4 bridgehead atoms. The van der Waals surface area contributed by atoms with Gasteiger partial charge in [-0.05, 0) is 38.0 Å². The topological polar surface area (TPSA) is 78.9 Å².